The number of ether oxygens (including phenoxy) is 3. The average molecular weight is 336 g/mol. The van der Waals surface area contributed by atoms with Crippen LogP contribution in [0.4, 0.5) is 0 Å². The standard InChI is InChI=1S/C18H12N2O3S/c1-21-14-7-11(8-15-17(14)23-10-22-15)6-12(9-19)18-20-13-4-2-3-5-16(13)24-18/h2-8H,10H2,1H3/b12-6+. The normalized spacial score (nSPS) is 13.1. The van der Waals surface area contributed by atoms with Crippen LogP contribution in [0, 0.1) is 11.3 Å². The maximum atomic E-state index is 9.55. The lowest BCUT2D eigenvalue weighted by Crippen LogP contribution is -1.93. The summed E-state index contributed by atoms with van der Waals surface area (Å²) in [5.74, 6) is 1.79. The van der Waals surface area contributed by atoms with Crippen LogP contribution < -0.4 is 14.2 Å². The summed E-state index contributed by atoms with van der Waals surface area (Å²) in [6, 6.07) is 13.7. The Hall–Kier alpha value is -3.04. The molecule has 2 aromatic carbocycles. The van der Waals surface area contributed by atoms with Gasteiger partial charge < -0.3 is 14.2 Å². The minimum absolute atomic E-state index is 0.168. The number of benzene rings is 2. The van der Waals surface area contributed by atoms with Gasteiger partial charge in [-0.25, -0.2) is 4.98 Å². The second kappa shape index (κ2) is 5.87. The monoisotopic (exact) mass is 336 g/mol. The van der Waals surface area contributed by atoms with E-state index in [0.29, 0.717) is 27.8 Å². The number of hydrogen-bond acceptors (Lipinski definition) is 6. The summed E-state index contributed by atoms with van der Waals surface area (Å²) in [5, 5.41) is 10.2. The molecule has 1 aliphatic heterocycles. The first kappa shape index (κ1) is 14.5. The predicted octanol–water partition coefficient (Wildman–Crippen LogP) is 4.10. The van der Waals surface area contributed by atoms with E-state index in [9.17, 15) is 5.26 Å². The summed E-state index contributed by atoms with van der Waals surface area (Å²) in [6.45, 7) is 0.168. The average Bonchev–Trinajstić information content (AvgIpc) is 3.25. The Morgan fingerprint density at radius 3 is 3.00 bits per heavy atom. The minimum Gasteiger partial charge on any atom is -0.493 e. The van der Waals surface area contributed by atoms with Crippen molar-refractivity contribution >= 4 is 33.2 Å². The first-order valence-corrected chi connectivity index (χ1v) is 8.05. The van der Waals surface area contributed by atoms with Crippen LogP contribution in [0.25, 0.3) is 21.9 Å². The summed E-state index contributed by atoms with van der Waals surface area (Å²) >= 11 is 1.50. The van der Waals surface area contributed by atoms with Crippen LogP contribution >= 0.6 is 11.3 Å². The highest BCUT2D eigenvalue weighted by molar-refractivity contribution is 7.19. The van der Waals surface area contributed by atoms with Crippen molar-refractivity contribution in [3.8, 4) is 23.3 Å². The smallest absolute Gasteiger partial charge is 0.231 e. The van der Waals surface area contributed by atoms with E-state index in [1.54, 1.807) is 13.2 Å². The molecule has 6 heteroatoms. The molecule has 0 radical (unpaired) electrons. The molecule has 0 spiro atoms. The Balaban J connectivity index is 1.79. The number of hydrogen-bond donors (Lipinski definition) is 0. The molecule has 118 valence electrons. The lowest BCUT2D eigenvalue weighted by atomic mass is 10.1. The van der Waals surface area contributed by atoms with Crippen LogP contribution in [0.3, 0.4) is 0 Å². The molecule has 2 heterocycles. The fraction of sp³-hybridized carbons (Fsp3) is 0.111. The van der Waals surface area contributed by atoms with Gasteiger partial charge in [0, 0.05) is 0 Å². The predicted molar refractivity (Wildman–Crippen MR) is 92.2 cm³/mol. The van der Waals surface area contributed by atoms with Gasteiger partial charge >= 0.3 is 0 Å². The zero-order chi connectivity index (χ0) is 16.5. The van der Waals surface area contributed by atoms with Crippen molar-refractivity contribution in [3.63, 3.8) is 0 Å². The summed E-state index contributed by atoms with van der Waals surface area (Å²) in [7, 11) is 1.57. The highest BCUT2D eigenvalue weighted by Gasteiger charge is 2.20. The Morgan fingerprint density at radius 1 is 1.33 bits per heavy atom. The maximum absolute atomic E-state index is 9.55. The molecule has 0 atom stereocenters. The van der Waals surface area contributed by atoms with E-state index in [1.807, 2.05) is 36.4 Å². The lowest BCUT2D eigenvalue weighted by Gasteiger charge is -2.06. The van der Waals surface area contributed by atoms with Gasteiger partial charge in [-0.15, -0.1) is 11.3 Å². The van der Waals surface area contributed by atoms with Crippen molar-refractivity contribution in [2.45, 2.75) is 0 Å². The van der Waals surface area contributed by atoms with Crippen molar-refractivity contribution in [2.24, 2.45) is 0 Å². The molecule has 0 fully saturated rings. The second-order valence-electron chi connectivity index (χ2n) is 5.11. The van der Waals surface area contributed by atoms with Crippen LogP contribution in [0.2, 0.25) is 0 Å². The summed E-state index contributed by atoms with van der Waals surface area (Å²) in [6.07, 6.45) is 1.78. The Morgan fingerprint density at radius 2 is 2.21 bits per heavy atom. The van der Waals surface area contributed by atoms with Crippen LogP contribution in [0.5, 0.6) is 17.2 Å². The van der Waals surface area contributed by atoms with Gasteiger partial charge in [-0.1, -0.05) is 12.1 Å². The van der Waals surface area contributed by atoms with Gasteiger partial charge in [0.15, 0.2) is 11.5 Å². The van der Waals surface area contributed by atoms with E-state index in [2.05, 4.69) is 11.1 Å². The Bertz CT molecular complexity index is 968. The maximum Gasteiger partial charge on any atom is 0.231 e. The first-order chi connectivity index (χ1) is 11.8. The van der Waals surface area contributed by atoms with E-state index in [1.165, 1.54) is 11.3 Å². The minimum atomic E-state index is 0.168. The van der Waals surface area contributed by atoms with Crippen LogP contribution in [0.15, 0.2) is 36.4 Å². The fourth-order valence-electron chi connectivity index (χ4n) is 2.53. The topological polar surface area (TPSA) is 64.4 Å². The van der Waals surface area contributed by atoms with Crippen LogP contribution in [0.1, 0.15) is 10.6 Å². The van der Waals surface area contributed by atoms with Crippen molar-refractivity contribution in [2.75, 3.05) is 13.9 Å². The highest BCUT2D eigenvalue weighted by Crippen LogP contribution is 2.42. The van der Waals surface area contributed by atoms with Gasteiger partial charge in [0.1, 0.15) is 11.1 Å². The third-order valence-corrected chi connectivity index (χ3v) is 4.71. The molecule has 4 rings (SSSR count). The molecule has 1 aromatic heterocycles. The van der Waals surface area contributed by atoms with Gasteiger partial charge in [-0.05, 0) is 35.9 Å². The van der Waals surface area contributed by atoms with Gasteiger partial charge in [-0.2, -0.15) is 5.26 Å². The molecular weight excluding hydrogens is 324 g/mol. The number of methoxy groups -OCH3 is 1. The van der Waals surface area contributed by atoms with Gasteiger partial charge in [0.2, 0.25) is 12.5 Å². The summed E-state index contributed by atoms with van der Waals surface area (Å²) in [4.78, 5) is 4.54. The molecule has 1 aliphatic rings. The first-order valence-electron chi connectivity index (χ1n) is 7.24. The zero-order valence-corrected chi connectivity index (χ0v) is 13.6. The number of fused-ring (bicyclic) bond motifs is 2. The molecule has 0 bridgehead atoms. The molecule has 0 saturated carbocycles. The number of para-hydroxylation sites is 1. The number of nitrogens with zero attached hydrogens (tertiary/aromatic N) is 2. The number of thiazole rings is 1. The lowest BCUT2D eigenvalue weighted by molar-refractivity contribution is 0.171. The van der Waals surface area contributed by atoms with Crippen molar-refractivity contribution < 1.29 is 14.2 Å². The molecule has 0 N–H and O–H groups in total. The third kappa shape index (κ3) is 2.45. The van der Waals surface area contributed by atoms with E-state index in [0.717, 1.165) is 15.8 Å². The quantitative estimate of drug-likeness (QED) is 0.674. The molecule has 0 unspecified atom stereocenters. The van der Waals surface area contributed by atoms with Gasteiger partial charge in [-0.3, -0.25) is 0 Å². The van der Waals surface area contributed by atoms with Crippen molar-refractivity contribution in [1.29, 1.82) is 5.26 Å². The molecular formula is C18H12N2O3S. The fourth-order valence-corrected chi connectivity index (χ4v) is 3.46. The molecule has 0 aliphatic carbocycles. The molecule has 0 amide bonds. The number of rotatable bonds is 3. The molecule has 3 aromatic rings. The molecule has 5 nitrogen and oxygen atoms in total. The van der Waals surface area contributed by atoms with Crippen molar-refractivity contribution in [3.05, 3.63) is 47.0 Å². The van der Waals surface area contributed by atoms with E-state index < -0.39 is 0 Å². The van der Waals surface area contributed by atoms with E-state index in [-0.39, 0.29) is 6.79 Å². The highest BCUT2D eigenvalue weighted by atomic mass is 32.1. The van der Waals surface area contributed by atoms with Crippen LogP contribution in [-0.2, 0) is 0 Å². The molecule has 0 saturated heterocycles. The van der Waals surface area contributed by atoms with Crippen molar-refractivity contribution in [1.82, 2.24) is 4.98 Å². The largest absolute Gasteiger partial charge is 0.493 e. The number of aromatic nitrogens is 1. The SMILES string of the molecule is COc1cc(/C=C(\C#N)c2nc3ccccc3s2)cc2c1OCO2. The second-order valence-corrected chi connectivity index (χ2v) is 6.14. The third-order valence-electron chi connectivity index (χ3n) is 3.64. The molecule has 24 heavy (non-hydrogen) atoms. The zero-order valence-electron chi connectivity index (χ0n) is 12.8. The Kier molecular flexibility index (Phi) is 3.56. The van der Waals surface area contributed by atoms with Crippen LogP contribution in [-0.4, -0.2) is 18.9 Å². The van der Waals surface area contributed by atoms with E-state index in [4.69, 9.17) is 14.2 Å². The van der Waals surface area contributed by atoms with E-state index >= 15 is 0 Å². The summed E-state index contributed by atoms with van der Waals surface area (Å²) < 4.78 is 17.2. The Labute approximate surface area is 142 Å². The number of nitriles is 1. The summed E-state index contributed by atoms with van der Waals surface area (Å²) in [5.41, 5.74) is 2.19. The van der Waals surface area contributed by atoms with Gasteiger partial charge in [0.05, 0.1) is 22.9 Å². The number of allylic oxidation sites excluding steroid dienone is 1. The van der Waals surface area contributed by atoms with Gasteiger partial charge in [0.25, 0.3) is 0 Å².